The van der Waals surface area contributed by atoms with Crippen molar-refractivity contribution < 1.29 is 27.4 Å². The number of benzene rings is 3. The van der Waals surface area contributed by atoms with Crippen molar-refractivity contribution in [1.29, 1.82) is 0 Å². The predicted molar refractivity (Wildman–Crippen MR) is 186 cm³/mol. The molecule has 0 radical (unpaired) electrons. The summed E-state index contributed by atoms with van der Waals surface area (Å²) in [5.74, 6) is 2.07. The molecule has 2 aliphatic rings. The second kappa shape index (κ2) is 14.4. The topological polar surface area (TPSA) is 93.9 Å². The SMILES string of the molecule is COc1ccc(C(C)C)c(N2C(=NC(=O)NC3=C(c4ccc(-c5ncn(-c6ccc(OC(F)(F)F)cc6)n5)cc4)CCC3)SCCC2C)c1. The number of alkyl halides is 3. The van der Waals surface area contributed by atoms with Gasteiger partial charge in [0.05, 0.1) is 18.5 Å². The van der Waals surface area contributed by atoms with Crippen molar-refractivity contribution in [3.8, 4) is 28.6 Å². The van der Waals surface area contributed by atoms with Gasteiger partial charge in [0.25, 0.3) is 0 Å². The molecular weight excluding hydrogens is 653 g/mol. The molecule has 9 nitrogen and oxygen atoms in total. The molecule has 1 atom stereocenters. The Bertz CT molecular complexity index is 1870. The Morgan fingerprint density at radius 2 is 1.73 bits per heavy atom. The first kappa shape index (κ1) is 34.1. The van der Waals surface area contributed by atoms with Crippen molar-refractivity contribution in [1.82, 2.24) is 20.1 Å². The second-order valence-electron chi connectivity index (χ2n) is 12.2. The lowest BCUT2D eigenvalue weighted by Crippen LogP contribution is -2.42. The van der Waals surface area contributed by atoms with Crippen LogP contribution in [0.1, 0.15) is 63.5 Å². The van der Waals surface area contributed by atoms with Gasteiger partial charge in [-0.3, -0.25) is 0 Å². The normalized spacial score (nSPS) is 17.6. The summed E-state index contributed by atoms with van der Waals surface area (Å²) in [5, 5.41) is 8.26. The molecule has 1 unspecified atom stereocenters. The number of nitrogens with one attached hydrogen (secondary N) is 1. The highest BCUT2D eigenvalue weighted by molar-refractivity contribution is 8.14. The number of amides is 2. The van der Waals surface area contributed by atoms with E-state index in [9.17, 15) is 18.0 Å². The monoisotopic (exact) mass is 690 g/mol. The van der Waals surface area contributed by atoms with Gasteiger partial charge < -0.3 is 19.7 Å². The van der Waals surface area contributed by atoms with Gasteiger partial charge in [-0.2, -0.15) is 4.99 Å². The van der Waals surface area contributed by atoms with Gasteiger partial charge in [0.1, 0.15) is 17.8 Å². The van der Waals surface area contributed by atoms with Gasteiger partial charge in [0, 0.05) is 29.1 Å². The number of carbonyl (C=O) groups excluding carboxylic acids is 1. The zero-order valence-corrected chi connectivity index (χ0v) is 28.4. The molecular formula is C36H37F3N6O3S. The van der Waals surface area contributed by atoms with E-state index >= 15 is 0 Å². The fourth-order valence-electron chi connectivity index (χ4n) is 6.07. The third-order valence-electron chi connectivity index (χ3n) is 8.52. The van der Waals surface area contributed by atoms with Crippen LogP contribution in [0.3, 0.4) is 0 Å². The number of halogens is 3. The summed E-state index contributed by atoms with van der Waals surface area (Å²) in [5.41, 5.74) is 6.42. The molecule has 4 aromatic rings. The van der Waals surface area contributed by atoms with Crippen LogP contribution in [0.5, 0.6) is 11.5 Å². The van der Waals surface area contributed by atoms with Crippen molar-refractivity contribution in [2.45, 2.75) is 64.8 Å². The largest absolute Gasteiger partial charge is 0.573 e. The van der Waals surface area contributed by atoms with Crippen molar-refractivity contribution in [2.24, 2.45) is 4.99 Å². The molecule has 3 aromatic carbocycles. The first-order valence-corrected chi connectivity index (χ1v) is 17.1. The summed E-state index contributed by atoms with van der Waals surface area (Å²) in [6.07, 6.45) is 0.200. The Balaban J connectivity index is 1.18. The smallest absolute Gasteiger partial charge is 0.497 e. The number of ether oxygens (including phenoxy) is 2. The summed E-state index contributed by atoms with van der Waals surface area (Å²) < 4.78 is 48.5. The standard InChI is InChI=1S/C36H37F3N6O3S/c1-22(2)29-17-16-28(47-4)20-32(29)45-23(3)18-19-49-35(45)42-34(46)41-31-7-5-6-30(31)24-8-10-25(11-9-24)33-40-21-44(43-33)26-12-14-27(15-13-26)48-36(37,38)39/h8-17,20-23H,5-7,18-19H2,1-4H3,(H,41,46). The number of aliphatic imine (C=N–C) groups is 1. The number of hydrogen-bond acceptors (Lipinski definition) is 6. The molecule has 1 aliphatic heterocycles. The zero-order chi connectivity index (χ0) is 34.7. The first-order chi connectivity index (χ1) is 23.5. The van der Waals surface area contributed by atoms with E-state index in [1.165, 1.54) is 40.8 Å². The average molecular weight is 691 g/mol. The van der Waals surface area contributed by atoms with E-state index in [0.717, 1.165) is 65.3 Å². The van der Waals surface area contributed by atoms with Gasteiger partial charge >= 0.3 is 12.4 Å². The Labute approximate surface area is 287 Å². The van der Waals surface area contributed by atoms with Crippen molar-refractivity contribution in [2.75, 3.05) is 17.8 Å². The number of carbonyl (C=O) groups is 1. The molecule has 2 amide bonds. The molecule has 1 fully saturated rings. The molecule has 0 saturated carbocycles. The molecule has 0 bridgehead atoms. The van der Waals surface area contributed by atoms with Crippen LogP contribution in [0.25, 0.3) is 22.6 Å². The number of nitrogens with zero attached hydrogens (tertiary/aromatic N) is 5. The maximum absolute atomic E-state index is 13.4. The van der Waals surface area contributed by atoms with E-state index in [-0.39, 0.29) is 17.7 Å². The van der Waals surface area contributed by atoms with Crippen molar-refractivity contribution in [3.05, 3.63) is 89.9 Å². The van der Waals surface area contributed by atoms with Crippen LogP contribution in [0, 0.1) is 0 Å². The Morgan fingerprint density at radius 3 is 2.43 bits per heavy atom. The Morgan fingerprint density at radius 1 is 1.02 bits per heavy atom. The van der Waals surface area contributed by atoms with Crippen LogP contribution in [0.2, 0.25) is 0 Å². The third kappa shape index (κ3) is 7.93. The van der Waals surface area contributed by atoms with Crippen molar-refractivity contribution >= 4 is 34.2 Å². The Hall–Kier alpha value is -4.78. The molecule has 6 rings (SSSR count). The molecule has 1 aliphatic carbocycles. The fourth-order valence-corrected chi connectivity index (χ4v) is 7.27. The number of aromatic nitrogens is 3. The number of hydrogen-bond donors (Lipinski definition) is 1. The van der Waals surface area contributed by atoms with E-state index in [1.54, 1.807) is 18.9 Å². The maximum atomic E-state index is 13.4. The van der Waals surface area contributed by atoms with E-state index in [2.05, 4.69) is 56.9 Å². The van der Waals surface area contributed by atoms with Gasteiger partial charge in [-0.15, -0.1) is 18.3 Å². The summed E-state index contributed by atoms with van der Waals surface area (Å²) in [6.45, 7) is 6.47. The van der Waals surface area contributed by atoms with Crippen molar-refractivity contribution in [3.63, 3.8) is 0 Å². The highest BCUT2D eigenvalue weighted by Gasteiger charge is 2.31. The first-order valence-electron chi connectivity index (χ1n) is 16.1. The fraction of sp³-hybridized carbons (Fsp3) is 0.333. The summed E-state index contributed by atoms with van der Waals surface area (Å²) in [6, 6.07) is 19.0. The third-order valence-corrected chi connectivity index (χ3v) is 9.51. The number of anilines is 1. The maximum Gasteiger partial charge on any atom is 0.573 e. The molecule has 1 aromatic heterocycles. The molecule has 256 valence electrons. The quantitative estimate of drug-likeness (QED) is 0.197. The lowest BCUT2D eigenvalue weighted by Gasteiger charge is -2.37. The molecule has 0 spiro atoms. The molecule has 2 heterocycles. The summed E-state index contributed by atoms with van der Waals surface area (Å²) >= 11 is 1.59. The second-order valence-corrected chi connectivity index (χ2v) is 13.3. The highest BCUT2D eigenvalue weighted by atomic mass is 32.2. The van der Waals surface area contributed by atoms with E-state index in [1.807, 2.05) is 36.4 Å². The molecule has 13 heteroatoms. The van der Waals surface area contributed by atoms with Gasteiger partial charge in [0.15, 0.2) is 11.0 Å². The van der Waals surface area contributed by atoms with Crippen LogP contribution in [-0.4, -0.2) is 51.2 Å². The highest BCUT2D eigenvalue weighted by Crippen LogP contribution is 2.38. The number of allylic oxidation sites excluding steroid dienone is 2. The number of urea groups is 1. The van der Waals surface area contributed by atoms with Gasteiger partial charge in [-0.05, 0) is 85.6 Å². The lowest BCUT2D eigenvalue weighted by molar-refractivity contribution is -0.274. The lowest BCUT2D eigenvalue weighted by atomic mass is 9.99. The number of amidine groups is 1. The van der Waals surface area contributed by atoms with Crippen LogP contribution in [-0.2, 0) is 0 Å². The number of rotatable bonds is 8. The minimum absolute atomic E-state index is 0.163. The van der Waals surface area contributed by atoms with E-state index in [0.29, 0.717) is 16.7 Å². The predicted octanol–water partition coefficient (Wildman–Crippen LogP) is 8.96. The molecule has 49 heavy (non-hydrogen) atoms. The summed E-state index contributed by atoms with van der Waals surface area (Å²) in [7, 11) is 1.65. The van der Waals surface area contributed by atoms with Gasteiger partial charge in [0.2, 0.25) is 0 Å². The van der Waals surface area contributed by atoms with Gasteiger partial charge in [-0.25, -0.2) is 14.5 Å². The van der Waals surface area contributed by atoms with Crippen LogP contribution < -0.4 is 19.7 Å². The number of methoxy groups -OCH3 is 1. The average Bonchev–Trinajstić information content (AvgIpc) is 3.75. The zero-order valence-electron chi connectivity index (χ0n) is 27.6. The molecule has 1 saturated heterocycles. The minimum Gasteiger partial charge on any atom is -0.497 e. The van der Waals surface area contributed by atoms with E-state index < -0.39 is 12.4 Å². The summed E-state index contributed by atoms with van der Waals surface area (Å²) in [4.78, 5) is 24.6. The molecule has 1 N–H and O–H groups in total. The van der Waals surface area contributed by atoms with Crippen LogP contribution in [0.4, 0.5) is 23.7 Å². The number of thioether (sulfide) groups is 1. The minimum atomic E-state index is -4.76. The van der Waals surface area contributed by atoms with Crippen LogP contribution >= 0.6 is 11.8 Å². The van der Waals surface area contributed by atoms with Gasteiger partial charge in [-0.1, -0.05) is 55.9 Å². The Kier molecular flexibility index (Phi) is 10.00. The van der Waals surface area contributed by atoms with Crippen LogP contribution in [0.15, 0.2) is 83.7 Å². The van der Waals surface area contributed by atoms with E-state index in [4.69, 9.17) is 4.74 Å².